The van der Waals surface area contributed by atoms with Crippen LogP contribution in [0, 0.1) is 0 Å². The molecule has 0 bridgehead atoms. The number of carbonyl (C=O) groups is 2. The van der Waals surface area contributed by atoms with Crippen molar-refractivity contribution in [3.05, 3.63) is 102 Å². The van der Waals surface area contributed by atoms with Gasteiger partial charge in [0.25, 0.3) is 0 Å². The third-order valence-electron chi connectivity index (χ3n) is 5.32. The first kappa shape index (κ1) is 24.4. The fourth-order valence-electron chi connectivity index (χ4n) is 3.63. The molecule has 0 aliphatic heterocycles. The van der Waals surface area contributed by atoms with Crippen LogP contribution in [0.3, 0.4) is 0 Å². The lowest BCUT2D eigenvalue weighted by Gasteiger charge is -2.23. The van der Waals surface area contributed by atoms with Crippen LogP contribution in [0.5, 0.6) is 0 Å². The Morgan fingerprint density at radius 1 is 0.853 bits per heavy atom. The number of hydrogen-bond donors (Lipinski definition) is 4. The van der Waals surface area contributed by atoms with Crippen LogP contribution in [0.1, 0.15) is 35.4 Å². The molecule has 0 fully saturated rings. The topological polar surface area (TPSA) is 135 Å². The van der Waals surface area contributed by atoms with Gasteiger partial charge in [0.2, 0.25) is 11.8 Å². The van der Waals surface area contributed by atoms with Gasteiger partial charge in [-0.1, -0.05) is 60.7 Å². The number of rotatable bonds is 11. The fraction of sp³-hybridized carbons (Fsp3) is 0.231. The van der Waals surface area contributed by atoms with Crippen LogP contribution >= 0.6 is 0 Å². The van der Waals surface area contributed by atoms with Crippen molar-refractivity contribution in [3.8, 4) is 0 Å². The fourth-order valence-corrected chi connectivity index (χ4v) is 3.63. The zero-order valence-corrected chi connectivity index (χ0v) is 18.9. The maximum absolute atomic E-state index is 13.5. The monoisotopic (exact) mass is 458 g/mol. The van der Waals surface area contributed by atoms with E-state index in [0.29, 0.717) is 25.9 Å². The van der Waals surface area contributed by atoms with Crippen molar-refractivity contribution in [3.63, 3.8) is 0 Å². The molecule has 0 unspecified atom stereocenters. The molecule has 34 heavy (non-hydrogen) atoms. The maximum atomic E-state index is 13.5. The van der Waals surface area contributed by atoms with Gasteiger partial charge in [-0.3, -0.25) is 19.6 Å². The lowest BCUT2D eigenvalue weighted by molar-refractivity contribution is -0.129. The first-order valence-electron chi connectivity index (χ1n) is 11.2. The van der Waals surface area contributed by atoms with Gasteiger partial charge in [-0.2, -0.15) is 0 Å². The molecule has 8 heteroatoms. The molecule has 8 nitrogen and oxygen atoms in total. The molecule has 3 rings (SSSR count). The Morgan fingerprint density at radius 2 is 1.44 bits per heavy atom. The molecule has 0 spiro atoms. The Kier molecular flexibility index (Phi) is 9.16. The Hall–Kier alpha value is -4.20. The van der Waals surface area contributed by atoms with E-state index in [9.17, 15) is 9.59 Å². The number of nitrogens with zero attached hydrogens (tertiary/aromatic N) is 2. The molecule has 176 valence electrons. The lowest BCUT2D eigenvalue weighted by Crippen LogP contribution is -2.48. The average Bonchev–Trinajstić information content (AvgIpc) is 2.86. The number of hydrogen-bond acceptors (Lipinski definition) is 4. The van der Waals surface area contributed by atoms with Crippen LogP contribution in [-0.2, 0) is 16.1 Å². The number of aliphatic imine (C=N–C) groups is 1. The summed E-state index contributed by atoms with van der Waals surface area (Å²) < 4.78 is 0. The predicted octanol–water partition coefficient (Wildman–Crippen LogP) is 2.07. The highest BCUT2D eigenvalue weighted by atomic mass is 16.2. The minimum absolute atomic E-state index is 0.00376. The minimum atomic E-state index is -0.738. The summed E-state index contributed by atoms with van der Waals surface area (Å²) >= 11 is 0. The second kappa shape index (κ2) is 12.7. The summed E-state index contributed by atoms with van der Waals surface area (Å²) in [4.78, 5) is 34.5. The predicted molar refractivity (Wildman–Crippen MR) is 133 cm³/mol. The number of carbonyl (C=O) groups excluding carboxylic acids is 2. The standard InChI is InChI=1S/C26H30N6O2/c27-26(28)30-15-7-12-22(24(33)31-18-19-13-16-29-17-14-19)32-25(34)23(20-8-3-1-4-9-20)21-10-5-2-6-11-21/h1-6,8-11,13-14,16-17,22-23H,7,12,15,18H2,(H,31,33)(H,32,34)(H4,27,28,30)/t22-/m1/s1. The van der Waals surface area contributed by atoms with Gasteiger partial charge in [-0.25, -0.2) is 0 Å². The highest BCUT2D eigenvalue weighted by molar-refractivity contribution is 5.92. The lowest BCUT2D eigenvalue weighted by atomic mass is 9.90. The van der Waals surface area contributed by atoms with E-state index in [1.54, 1.807) is 12.4 Å². The van der Waals surface area contributed by atoms with Crippen molar-refractivity contribution < 1.29 is 9.59 Å². The van der Waals surface area contributed by atoms with Crippen molar-refractivity contribution in [2.45, 2.75) is 31.3 Å². The summed E-state index contributed by atoms with van der Waals surface area (Å²) in [5, 5.41) is 5.87. The van der Waals surface area contributed by atoms with E-state index in [1.165, 1.54) is 0 Å². The Balaban J connectivity index is 1.77. The zero-order valence-electron chi connectivity index (χ0n) is 18.9. The zero-order chi connectivity index (χ0) is 24.2. The second-order valence-corrected chi connectivity index (χ2v) is 7.84. The molecule has 0 saturated heterocycles. The molecule has 1 heterocycles. The van der Waals surface area contributed by atoms with Crippen molar-refractivity contribution in [1.82, 2.24) is 15.6 Å². The Bertz CT molecular complexity index is 1030. The third kappa shape index (κ3) is 7.44. The molecule has 6 N–H and O–H groups in total. The van der Waals surface area contributed by atoms with E-state index in [1.807, 2.05) is 72.8 Å². The summed E-state index contributed by atoms with van der Waals surface area (Å²) in [5.41, 5.74) is 13.4. The van der Waals surface area contributed by atoms with Crippen molar-refractivity contribution in [2.75, 3.05) is 6.54 Å². The SMILES string of the molecule is NC(N)=NCCC[C@@H](NC(=O)C(c1ccccc1)c1ccccc1)C(=O)NCc1ccncc1. The van der Waals surface area contributed by atoms with Crippen LogP contribution in [0.25, 0.3) is 0 Å². The van der Waals surface area contributed by atoms with Crippen LogP contribution in [0.2, 0.25) is 0 Å². The maximum Gasteiger partial charge on any atom is 0.242 e. The van der Waals surface area contributed by atoms with E-state index in [4.69, 9.17) is 11.5 Å². The number of benzene rings is 2. The van der Waals surface area contributed by atoms with Gasteiger partial charge < -0.3 is 22.1 Å². The minimum Gasteiger partial charge on any atom is -0.370 e. The molecule has 1 atom stereocenters. The third-order valence-corrected chi connectivity index (χ3v) is 5.32. The van der Waals surface area contributed by atoms with Crippen LogP contribution in [0.4, 0.5) is 0 Å². The second-order valence-electron chi connectivity index (χ2n) is 7.84. The smallest absolute Gasteiger partial charge is 0.242 e. The van der Waals surface area contributed by atoms with Crippen molar-refractivity contribution in [1.29, 1.82) is 0 Å². The molecule has 1 aromatic heterocycles. The molecule has 3 aromatic rings. The number of nitrogens with one attached hydrogen (secondary N) is 2. The number of aromatic nitrogens is 1. The molecule has 0 aliphatic carbocycles. The molecular formula is C26H30N6O2. The molecule has 0 radical (unpaired) electrons. The molecule has 0 saturated carbocycles. The van der Waals surface area contributed by atoms with Crippen LogP contribution in [-0.4, -0.2) is 35.3 Å². The molecule has 0 aliphatic rings. The molecule has 2 amide bonds. The summed E-state index contributed by atoms with van der Waals surface area (Å²) in [5.74, 6) is -1.07. The van der Waals surface area contributed by atoms with Crippen LogP contribution < -0.4 is 22.1 Å². The summed E-state index contributed by atoms with van der Waals surface area (Å²) in [6, 6.07) is 22.0. The molecular weight excluding hydrogens is 428 g/mol. The summed E-state index contributed by atoms with van der Waals surface area (Å²) in [6.07, 6.45) is 4.26. The van der Waals surface area contributed by atoms with E-state index >= 15 is 0 Å². The van der Waals surface area contributed by atoms with E-state index in [2.05, 4.69) is 20.6 Å². The van der Waals surface area contributed by atoms with Gasteiger partial charge in [0, 0.05) is 25.5 Å². The number of guanidine groups is 1. The first-order chi connectivity index (χ1) is 16.5. The van der Waals surface area contributed by atoms with Crippen molar-refractivity contribution >= 4 is 17.8 Å². The largest absolute Gasteiger partial charge is 0.370 e. The van der Waals surface area contributed by atoms with Crippen molar-refractivity contribution in [2.24, 2.45) is 16.5 Å². The number of pyridine rings is 1. The Morgan fingerprint density at radius 3 is 2.00 bits per heavy atom. The number of nitrogens with two attached hydrogens (primary N) is 2. The summed E-state index contributed by atoms with van der Waals surface area (Å²) in [7, 11) is 0. The van der Waals surface area contributed by atoms with Gasteiger partial charge in [0.1, 0.15) is 6.04 Å². The van der Waals surface area contributed by atoms with Gasteiger partial charge in [0.15, 0.2) is 5.96 Å². The van der Waals surface area contributed by atoms with Crippen LogP contribution in [0.15, 0.2) is 90.2 Å². The van der Waals surface area contributed by atoms with Gasteiger partial charge in [-0.15, -0.1) is 0 Å². The van der Waals surface area contributed by atoms with Gasteiger partial charge in [0.05, 0.1) is 5.92 Å². The average molecular weight is 459 g/mol. The molecule has 2 aromatic carbocycles. The van der Waals surface area contributed by atoms with E-state index < -0.39 is 12.0 Å². The highest BCUT2D eigenvalue weighted by Gasteiger charge is 2.27. The first-order valence-corrected chi connectivity index (χ1v) is 11.2. The number of amides is 2. The normalized spacial score (nSPS) is 11.4. The highest BCUT2D eigenvalue weighted by Crippen LogP contribution is 2.25. The van der Waals surface area contributed by atoms with E-state index in [0.717, 1.165) is 16.7 Å². The van der Waals surface area contributed by atoms with Gasteiger partial charge in [-0.05, 0) is 41.7 Å². The van der Waals surface area contributed by atoms with Gasteiger partial charge >= 0.3 is 0 Å². The Labute approximate surface area is 199 Å². The quantitative estimate of drug-likeness (QED) is 0.198. The summed E-state index contributed by atoms with van der Waals surface area (Å²) in [6.45, 7) is 0.704. The van der Waals surface area contributed by atoms with E-state index in [-0.39, 0.29) is 17.8 Å².